The lowest BCUT2D eigenvalue weighted by Gasteiger charge is -2.05. The Labute approximate surface area is 96.6 Å². The second kappa shape index (κ2) is 6.24. The van der Waals surface area contributed by atoms with E-state index in [9.17, 15) is 14.9 Å². The molecule has 88 valence electrons. The molecule has 0 spiro atoms. The first-order chi connectivity index (χ1) is 7.65. The number of rotatable bonds is 6. The molecule has 0 aliphatic heterocycles. The maximum absolute atomic E-state index is 11.1. The molecule has 0 aromatic carbocycles. The monoisotopic (exact) mass is 246 g/mol. The van der Waals surface area contributed by atoms with Gasteiger partial charge in [-0.3, -0.25) is 14.9 Å². The van der Waals surface area contributed by atoms with E-state index in [-0.39, 0.29) is 0 Å². The summed E-state index contributed by atoms with van der Waals surface area (Å²) in [6, 6.07) is 1.17. The van der Waals surface area contributed by atoms with E-state index in [0.29, 0.717) is 25.6 Å². The lowest BCUT2D eigenvalue weighted by Crippen LogP contribution is -2.13. The molecule has 1 rings (SSSR count). The minimum Gasteiger partial charge on any atom is -0.378 e. The van der Waals surface area contributed by atoms with Gasteiger partial charge in [0.05, 0.1) is 24.3 Å². The smallest absolute Gasteiger partial charge is 0.332 e. The molecular weight excluding hydrogens is 236 g/mol. The maximum Gasteiger partial charge on any atom is 0.332 e. The van der Waals surface area contributed by atoms with Crippen molar-refractivity contribution >= 4 is 17.3 Å². The zero-order valence-electron chi connectivity index (χ0n) is 8.47. The standard InChI is InChI=1S/C9H11ClN2O4/c10-2-5-16-6-4-11-3-1-9(13)8(7-11)12(14)15/h1,3,7H,2,4-6H2. The third-order valence-corrected chi connectivity index (χ3v) is 2.02. The molecule has 0 saturated carbocycles. The van der Waals surface area contributed by atoms with Crippen LogP contribution in [-0.4, -0.2) is 28.6 Å². The van der Waals surface area contributed by atoms with Crippen molar-refractivity contribution in [3.63, 3.8) is 0 Å². The molecule has 0 atom stereocenters. The number of pyridine rings is 1. The summed E-state index contributed by atoms with van der Waals surface area (Å²) in [7, 11) is 0. The molecule has 0 saturated heterocycles. The van der Waals surface area contributed by atoms with Gasteiger partial charge in [-0.15, -0.1) is 11.6 Å². The first-order valence-corrected chi connectivity index (χ1v) is 5.17. The number of nitro groups is 1. The van der Waals surface area contributed by atoms with Crippen LogP contribution in [0.2, 0.25) is 0 Å². The summed E-state index contributed by atoms with van der Waals surface area (Å²) in [4.78, 5) is 20.9. The van der Waals surface area contributed by atoms with Crippen LogP contribution >= 0.6 is 11.6 Å². The van der Waals surface area contributed by atoms with Crippen molar-refractivity contribution in [2.45, 2.75) is 6.54 Å². The van der Waals surface area contributed by atoms with Gasteiger partial charge in [0.15, 0.2) is 0 Å². The zero-order valence-corrected chi connectivity index (χ0v) is 9.22. The minimum absolute atomic E-state index is 0.396. The third kappa shape index (κ3) is 3.63. The first-order valence-electron chi connectivity index (χ1n) is 4.63. The van der Waals surface area contributed by atoms with E-state index < -0.39 is 16.0 Å². The van der Waals surface area contributed by atoms with Crippen LogP contribution in [0.5, 0.6) is 0 Å². The lowest BCUT2D eigenvalue weighted by atomic mass is 10.4. The molecular formula is C9H11ClN2O4. The highest BCUT2D eigenvalue weighted by Crippen LogP contribution is 2.02. The molecule has 0 amide bonds. The van der Waals surface area contributed by atoms with Crippen LogP contribution in [-0.2, 0) is 11.3 Å². The topological polar surface area (TPSA) is 74.4 Å². The van der Waals surface area contributed by atoms with Crippen molar-refractivity contribution in [2.24, 2.45) is 0 Å². The molecule has 0 aliphatic rings. The fourth-order valence-electron chi connectivity index (χ4n) is 1.12. The van der Waals surface area contributed by atoms with Crippen molar-refractivity contribution in [1.29, 1.82) is 0 Å². The van der Waals surface area contributed by atoms with Crippen molar-refractivity contribution < 1.29 is 9.66 Å². The van der Waals surface area contributed by atoms with Gasteiger partial charge in [0.25, 0.3) is 5.43 Å². The predicted octanol–water partition coefficient (Wildman–Crippen LogP) is 1.01. The van der Waals surface area contributed by atoms with E-state index in [0.717, 1.165) is 0 Å². The Morgan fingerprint density at radius 3 is 2.88 bits per heavy atom. The number of nitrogens with zero attached hydrogens (tertiary/aromatic N) is 2. The van der Waals surface area contributed by atoms with Gasteiger partial charge in [0, 0.05) is 24.7 Å². The quantitative estimate of drug-likeness (QED) is 0.325. The van der Waals surface area contributed by atoms with Crippen molar-refractivity contribution in [3.05, 3.63) is 38.8 Å². The molecule has 6 nitrogen and oxygen atoms in total. The molecule has 16 heavy (non-hydrogen) atoms. The fourth-order valence-corrected chi connectivity index (χ4v) is 1.22. The van der Waals surface area contributed by atoms with E-state index >= 15 is 0 Å². The summed E-state index contributed by atoms with van der Waals surface area (Å²) in [5.74, 6) is 0.407. The first kappa shape index (κ1) is 12.7. The summed E-state index contributed by atoms with van der Waals surface area (Å²) < 4.78 is 6.65. The number of hydrogen-bond acceptors (Lipinski definition) is 4. The second-order valence-electron chi connectivity index (χ2n) is 2.99. The number of ether oxygens (including phenoxy) is 1. The van der Waals surface area contributed by atoms with E-state index in [1.165, 1.54) is 23.0 Å². The molecule has 0 bridgehead atoms. The molecule has 0 fully saturated rings. The normalized spacial score (nSPS) is 10.3. The molecule has 0 unspecified atom stereocenters. The highest BCUT2D eigenvalue weighted by Gasteiger charge is 2.11. The highest BCUT2D eigenvalue weighted by atomic mass is 35.5. The van der Waals surface area contributed by atoms with E-state index in [4.69, 9.17) is 16.3 Å². The van der Waals surface area contributed by atoms with Gasteiger partial charge in [-0.2, -0.15) is 0 Å². The largest absolute Gasteiger partial charge is 0.378 e. The van der Waals surface area contributed by atoms with Gasteiger partial charge < -0.3 is 9.30 Å². The lowest BCUT2D eigenvalue weighted by molar-refractivity contribution is -0.386. The maximum atomic E-state index is 11.1. The average Bonchev–Trinajstić information content (AvgIpc) is 2.26. The van der Waals surface area contributed by atoms with Crippen molar-refractivity contribution in [3.8, 4) is 0 Å². The van der Waals surface area contributed by atoms with Gasteiger partial charge >= 0.3 is 5.69 Å². The Morgan fingerprint density at radius 2 is 2.25 bits per heavy atom. The number of halogens is 1. The zero-order chi connectivity index (χ0) is 12.0. The van der Waals surface area contributed by atoms with Crippen LogP contribution < -0.4 is 5.43 Å². The molecule has 0 radical (unpaired) electrons. The van der Waals surface area contributed by atoms with E-state index in [2.05, 4.69) is 0 Å². The number of aromatic nitrogens is 1. The minimum atomic E-state index is -0.696. The van der Waals surface area contributed by atoms with Gasteiger partial charge in [0.2, 0.25) is 0 Å². The summed E-state index contributed by atoms with van der Waals surface area (Å²) in [6.07, 6.45) is 2.69. The molecule has 1 aromatic rings. The van der Waals surface area contributed by atoms with E-state index in [1.807, 2.05) is 0 Å². The van der Waals surface area contributed by atoms with Gasteiger partial charge in [-0.05, 0) is 0 Å². The summed E-state index contributed by atoms with van der Waals surface area (Å²) in [5, 5.41) is 10.5. The average molecular weight is 247 g/mol. The number of alkyl halides is 1. The summed E-state index contributed by atoms with van der Waals surface area (Å²) in [6.45, 7) is 1.27. The molecule has 1 aromatic heterocycles. The predicted molar refractivity (Wildman–Crippen MR) is 58.9 cm³/mol. The van der Waals surface area contributed by atoms with Gasteiger partial charge in [-0.1, -0.05) is 0 Å². The van der Waals surface area contributed by atoms with Crippen LogP contribution in [0.25, 0.3) is 0 Å². The van der Waals surface area contributed by atoms with Crippen LogP contribution in [0.3, 0.4) is 0 Å². The third-order valence-electron chi connectivity index (χ3n) is 1.87. The second-order valence-corrected chi connectivity index (χ2v) is 3.37. The summed E-state index contributed by atoms with van der Waals surface area (Å²) >= 11 is 5.41. The Kier molecular flexibility index (Phi) is 4.94. The summed E-state index contributed by atoms with van der Waals surface area (Å²) in [5.41, 5.74) is -1.03. The van der Waals surface area contributed by atoms with Gasteiger partial charge in [0.1, 0.15) is 0 Å². The Morgan fingerprint density at radius 1 is 1.50 bits per heavy atom. The van der Waals surface area contributed by atoms with Gasteiger partial charge in [-0.25, -0.2) is 0 Å². The molecule has 7 heteroatoms. The Balaban J connectivity index is 2.64. The Bertz CT molecular complexity index is 418. The van der Waals surface area contributed by atoms with Crippen LogP contribution in [0.15, 0.2) is 23.3 Å². The highest BCUT2D eigenvalue weighted by molar-refractivity contribution is 6.17. The van der Waals surface area contributed by atoms with E-state index in [1.54, 1.807) is 0 Å². The number of hydrogen-bond donors (Lipinski definition) is 0. The van der Waals surface area contributed by atoms with Crippen LogP contribution in [0, 0.1) is 10.1 Å². The van der Waals surface area contributed by atoms with Crippen LogP contribution in [0.4, 0.5) is 5.69 Å². The van der Waals surface area contributed by atoms with Crippen LogP contribution in [0.1, 0.15) is 0 Å². The SMILES string of the molecule is O=c1ccn(CCOCCCl)cc1[N+](=O)[O-]. The van der Waals surface area contributed by atoms with Crippen molar-refractivity contribution in [2.75, 3.05) is 19.1 Å². The van der Waals surface area contributed by atoms with Crippen molar-refractivity contribution in [1.82, 2.24) is 4.57 Å². The fraction of sp³-hybridized carbons (Fsp3) is 0.444. The molecule has 0 N–H and O–H groups in total. The molecule has 0 aliphatic carbocycles. The molecule has 1 heterocycles. The Hall–Kier alpha value is -1.40.